The second kappa shape index (κ2) is 10.7. The molecule has 168 valence electrons. The van der Waals surface area contributed by atoms with Crippen LogP contribution in [0.1, 0.15) is 22.8 Å². The summed E-state index contributed by atoms with van der Waals surface area (Å²) in [6.45, 7) is 3.90. The topological polar surface area (TPSA) is 88.4 Å². The molecule has 2 aromatic carbocycles. The van der Waals surface area contributed by atoms with Crippen molar-refractivity contribution in [1.82, 2.24) is 0 Å². The zero-order valence-corrected chi connectivity index (χ0v) is 19.0. The fraction of sp³-hybridized carbons (Fsp3) is 0.391. The maximum absolute atomic E-state index is 10.7. The summed E-state index contributed by atoms with van der Waals surface area (Å²) in [5, 5.41) is 31.7. The van der Waals surface area contributed by atoms with Crippen molar-refractivity contribution in [2.75, 3.05) is 20.0 Å². The standard InChI is InChI=1S/C23H27ClO6S/c1-4-9-29-18-12-17(24)14(10-13-5-7-15(28-2)8-6-13)11-16(18)22-20(26)19(25)21(27)23(30-22)31-3/h4-8,11-12,19-23,25-27H,1,9-10H2,2-3H3. The number of rotatable bonds is 8. The van der Waals surface area contributed by atoms with Gasteiger partial charge in [-0.25, -0.2) is 0 Å². The Morgan fingerprint density at radius 2 is 1.84 bits per heavy atom. The average molecular weight is 467 g/mol. The molecule has 0 saturated carbocycles. The van der Waals surface area contributed by atoms with E-state index in [4.69, 9.17) is 25.8 Å². The molecule has 1 fully saturated rings. The summed E-state index contributed by atoms with van der Waals surface area (Å²) in [5.74, 6) is 1.19. The highest BCUT2D eigenvalue weighted by molar-refractivity contribution is 7.99. The van der Waals surface area contributed by atoms with Crippen molar-refractivity contribution in [2.45, 2.75) is 36.3 Å². The molecule has 1 aliphatic heterocycles. The molecule has 3 N–H and O–H groups in total. The Kier molecular flexibility index (Phi) is 8.27. The van der Waals surface area contributed by atoms with Crippen LogP contribution in [0.15, 0.2) is 49.1 Å². The molecule has 0 radical (unpaired) electrons. The van der Waals surface area contributed by atoms with Crippen molar-refractivity contribution in [3.05, 3.63) is 70.8 Å². The van der Waals surface area contributed by atoms with E-state index in [0.29, 0.717) is 22.8 Å². The number of aliphatic hydroxyl groups is 3. The summed E-state index contributed by atoms with van der Waals surface area (Å²) in [6.07, 6.45) is -0.889. The van der Waals surface area contributed by atoms with E-state index in [1.165, 1.54) is 11.8 Å². The highest BCUT2D eigenvalue weighted by Crippen LogP contribution is 2.41. The van der Waals surface area contributed by atoms with Gasteiger partial charge in [-0.05, 0) is 48.1 Å². The van der Waals surface area contributed by atoms with Gasteiger partial charge in [-0.15, -0.1) is 11.8 Å². The fourth-order valence-electron chi connectivity index (χ4n) is 3.51. The van der Waals surface area contributed by atoms with E-state index in [1.54, 1.807) is 25.5 Å². The largest absolute Gasteiger partial charge is 0.497 e. The third kappa shape index (κ3) is 5.37. The van der Waals surface area contributed by atoms with Crippen LogP contribution >= 0.6 is 23.4 Å². The maximum atomic E-state index is 10.7. The van der Waals surface area contributed by atoms with Gasteiger partial charge in [-0.3, -0.25) is 0 Å². The number of halogens is 1. The molecule has 6 nitrogen and oxygen atoms in total. The van der Waals surface area contributed by atoms with Gasteiger partial charge >= 0.3 is 0 Å². The quantitative estimate of drug-likeness (QED) is 0.514. The zero-order chi connectivity index (χ0) is 22.5. The lowest BCUT2D eigenvalue weighted by Gasteiger charge is -2.40. The average Bonchev–Trinajstić information content (AvgIpc) is 2.78. The Balaban J connectivity index is 1.99. The molecule has 5 atom stereocenters. The van der Waals surface area contributed by atoms with E-state index < -0.39 is 29.9 Å². The van der Waals surface area contributed by atoms with Crippen LogP contribution in [0.2, 0.25) is 5.02 Å². The number of aliphatic hydroxyl groups excluding tert-OH is 3. The highest BCUT2D eigenvalue weighted by Gasteiger charge is 2.45. The molecule has 3 rings (SSSR count). The summed E-state index contributed by atoms with van der Waals surface area (Å²) in [6, 6.07) is 11.2. The molecular formula is C23H27ClO6S. The van der Waals surface area contributed by atoms with Crippen molar-refractivity contribution in [3.8, 4) is 11.5 Å². The Morgan fingerprint density at radius 1 is 1.13 bits per heavy atom. The lowest BCUT2D eigenvalue weighted by atomic mass is 9.92. The SMILES string of the molecule is C=CCOc1cc(Cl)c(Cc2ccc(OC)cc2)cc1C1OC(SC)C(O)C(O)C1O. The van der Waals surface area contributed by atoms with Crippen LogP contribution in [0.4, 0.5) is 0 Å². The van der Waals surface area contributed by atoms with Crippen LogP contribution in [0.25, 0.3) is 0 Å². The Labute approximate surface area is 191 Å². The number of benzene rings is 2. The van der Waals surface area contributed by atoms with E-state index in [-0.39, 0.29) is 6.61 Å². The molecule has 8 heteroatoms. The summed E-state index contributed by atoms with van der Waals surface area (Å²) in [4.78, 5) is 0. The van der Waals surface area contributed by atoms with Gasteiger partial charge in [0.2, 0.25) is 0 Å². The lowest BCUT2D eigenvalue weighted by Crippen LogP contribution is -2.53. The van der Waals surface area contributed by atoms with Gasteiger partial charge in [0.1, 0.15) is 48.0 Å². The third-order valence-corrected chi connectivity index (χ3v) is 6.40. The number of hydrogen-bond donors (Lipinski definition) is 3. The molecule has 31 heavy (non-hydrogen) atoms. The molecule has 0 bridgehead atoms. The van der Waals surface area contributed by atoms with Crippen molar-refractivity contribution in [3.63, 3.8) is 0 Å². The first-order valence-corrected chi connectivity index (χ1v) is 11.5. The van der Waals surface area contributed by atoms with E-state index in [0.717, 1.165) is 16.9 Å². The third-order valence-electron chi connectivity index (χ3n) is 5.20. The van der Waals surface area contributed by atoms with Crippen molar-refractivity contribution < 1.29 is 29.5 Å². The van der Waals surface area contributed by atoms with Crippen LogP contribution in [0.3, 0.4) is 0 Å². The fourth-order valence-corrected chi connectivity index (χ4v) is 4.40. The van der Waals surface area contributed by atoms with Gasteiger partial charge in [0.25, 0.3) is 0 Å². The summed E-state index contributed by atoms with van der Waals surface area (Å²) < 4.78 is 16.9. The van der Waals surface area contributed by atoms with Gasteiger partial charge in [0, 0.05) is 10.6 Å². The molecule has 5 unspecified atom stereocenters. The van der Waals surface area contributed by atoms with E-state index in [1.807, 2.05) is 30.3 Å². The molecule has 1 saturated heterocycles. The summed E-state index contributed by atoms with van der Waals surface area (Å²) in [5.41, 5.74) is 1.68. The monoisotopic (exact) mass is 466 g/mol. The minimum Gasteiger partial charge on any atom is -0.497 e. The predicted molar refractivity (Wildman–Crippen MR) is 122 cm³/mol. The van der Waals surface area contributed by atoms with E-state index in [2.05, 4.69) is 6.58 Å². The molecule has 0 aromatic heterocycles. The number of methoxy groups -OCH3 is 1. The molecule has 0 amide bonds. The first kappa shape index (κ1) is 23.9. The van der Waals surface area contributed by atoms with E-state index in [9.17, 15) is 15.3 Å². The van der Waals surface area contributed by atoms with Crippen LogP contribution in [-0.4, -0.2) is 59.0 Å². The second-order valence-corrected chi connectivity index (χ2v) is 8.58. The first-order valence-electron chi connectivity index (χ1n) is 9.81. The van der Waals surface area contributed by atoms with Crippen molar-refractivity contribution >= 4 is 23.4 Å². The molecule has 0 aliphatic carbocycles. The normalized spacial score (nSPS) is 25.8. The molecule has 0 spiro atoms. The lowest BCUT2D eigenvalue weighted by molar-refractivity contribution is -0.200. The smallest absolute Gasteiger partial charge is 0.132 e. The minimum atomic E-state index is -1.36. The minimum absolute atomic E-state index is 0.237. The van der Waals surface area contributed by atoms with Crippen LogP contribution in [0, 0.1) is 0 Å². The van der Waals surface area contributed by atoms with Crippen molar-refractivity contribution in [1.29, 1.82) is 0 Å². The summed E-state index contributed by atoms with van der Waals surface area (Å²) in [7, 11) is 1.61. The maximum Gasteiger partial charge on any atom is 0.132 e. The molecular weight excluding hydrogens is 440 g/mol. The van der Waals surface area contributed by atoms with Crippen LogP contribution < -0.4 is 9.47 Å². The zero-order valence-electron chi connectivity index (χ0n) is 17.4. The van der Waals surface area contributed by atoms with Crippen LogP contribution in [-0.2, 0) is 11.2 Å². The predicted octanol–water partition coefficient (Wildman–Crippen LogP) is 3.35. The first-order chi connectivity index (χ1) is 14.9. The molecule has 1 heterocycles. The second-order valence-electron chi connectivity index (χ2n) is 7.24. The van der Waals surface area contributed by atoms with Gasteiger partial charge in [0.15, 0.2) is 0 Å². The Hall–Kier alpha value is -1.74. The Morgan fingerprint density at radius 3 is 2.45 bits per heavy atom. The van der Waals surface area contributed by atoms with Crippen molar-refractivity contribution in [2.24, 2.45) is 0 Å². The Bertz CT molecular complexity index is 888. The number of thioether (sulfide) groups is 1. The van der Waals surface area contributed by atoms with Gasteiger partial charge in [0.05, 0.1) is 7.11 Å². The van der Waals surface area contributed by atoms with Gasteiger partial charge < -0.3 is 29.5 Å². The summed E-state index contributed by atoms with van der Waals surface area (Å²) >= 11 is 7.80. The van der Waals surface area contributed by atoms with Gasteiger partial charge in [-0.2, -0.15) is 0 Å². The van der Waals surface area contributed by atoms with E-state index >= 15 is 0 Å². The van der Waals surface area contributed by atoms with Gasteiger partial charge in [-0.1, -0.05) is 36.4 Å². The van der Waals surface area contributed by atoms with Crippen LogP contribution in [0.5, 0.6) is 11.5 Å². The number of ether oxygens (including phenoxy) is 3. The molecule has 2 aromatic rings. The number of hydrogen-bond acceptors (Lipinski definition) is 7. The highest BCUT2D eigenvalue weighted by atomic mass is 35.5. The molecule has 1 aliphatic rings.